The van der Waals surface area contributed by atoms with E-state index in [-0.39, 0.29) is 0 Å². The number of ether oxygens (including phenoxy) is 1. The van der Waals surface area contributed by atoms with Crippen LogP contribution >= 0.6 is 0 Å². The molecule has 0 radical (unpaired) electrons. The molecule has 0 saturated carbocycles. The van der Waals surface area contributed by atoms with Crippen LogP contribution in [-0.2, 0) is 14.8 Å². The van der Waals surface area contributed by atoms with E-state index in [9.17, 15) is 8.42 Å². The smallest absolute Gasteiger partial charge is 0.274 e. The minimum absolute atomic E-state index is 0.319. The van der Waals surface area contributed by atoms with E-state index in [2.05, 4.69) is 23.7 Å². The number of sulfonamides is 1. The van der Waals surface area contributed by atoms with Crippen LogP contribution in [0.1, 0.15) is 13.8 Å². The Labute approximate surface area is 144 Å². The Morgan fingerprint density at radius 3 is 2.33 bits per heavy atom. The largest absolute Gasteiger partial charge is 0.379 e. The van der Waals surface area contributed by atoms with Gasteiger partial charge >= 0.3 is 0 Å². The van der Waals surface area contributed by atoms with Gasteiger partial charge in [-0.05, 0) is 19.9 Å². The summed E-state index contributed by atoms with van der Waals surface area (Å²) in [7, 11) is -3.43. The molecule has 7 nitrogen and oxygen atoms in total. The van der Waals surface area contributed by atoms with E-state index >= 15 is 0 Å². The molecule has 0 aromatic carbocycles. The molecule has 0 bridgehead atoms. The predicted octanol–water partition coefficient (Wildman–Crippen LogP) is -1.37. The summed E-state index contributed by atoms with van der Waals surface area (Å²) in [6.45, 7) is 10.5. The SMILES string of the molecule is CC(C)[NH+]1CCN(c2ccc(S(=O)(=O)N3CCOCC3)c[nH+]2)CC1. The van der Waals surface area contributed by atoms with Crippen molar-refractivity contribution in [3.05, 3.63) is 18.3 Å². The van der Waals surface area contributed by atoms with Gasteiger partial charge in [-0.15, -0.1) is 0 Å². The summed E-state index contributed by atoms with van der Waals surface area (Å²) in [5, 5.41) is 0. The number of pyridine rings is 1. The molecule has 3 rings (SSSR count). The number of hydrogen-bond donors (Lipinski definition) is 1. The Morgan fingerprint density at radius 2 is 1.79 bits per heavy atom. The van der Waals surface area contributed by atoms with Crippen molar-refractivity contribution in [2.24, 2.45) is 0 Å². The van der Waals surface area contributed by atoms with E-state index < -0.39 is 10.0 Å². The van der Waals surface area contributed by atoms with Gasteiger partial charge in [-0.1, -0.05) is 0 Å². The molecular formula is C16H28N4O3S+2. The fraction of sp³-hybridized carbons (Fsp3) is 0.688. The highest BCUT2D eigenvalue weighted by atomic mass is 32.2. The summed E-state index contributed by atoms with van der Waals surface area (Å²) in [5.41, 5.74) is 0. The van der Waals surface area contributed by atoms with E-state index in [0.29, 0.717) is 37.2 Å². The number of hydrogen-bond acceptors (Lipinski definition) is 4. The minimum Gasteiger partial charge on any atom is -0.379 e. The van der Waals surface area contributed by atoms with Crippen LogP contribution in [0, 0.1) is 0 Å². The van der Waals surface area contributed by atoms with Gasteiger partial charge in [0.25, 0.3) is 5.82 Å². The fourth-order valence-electron chi connectivity index (χ4n) is 3.31. The van der Waals surface area contributed by atoms with Crippen LogP contribution in [0.25, 0.3) is 0 Å². The van der Waals surface area contributed by atoms with Crippen LogP contribution in [0.2, 0.25) is 0 Å². The number of H-pyrrole nitrogens is 1. The first-order valence-corrected chi connectivity index (χ1v) is 10.1. The lowest BCUT2D eigenvalue weighted by Crippen LogP contribution is -3.17. The number of aromatic nitrogens is 1. The number of nitrogens with one attached hydrogen (secondary N) is 2. The van der Waals surface area contributed by atoms with Crippen molar-refractivity contribution in [2.45, 2.75) is 24.8 Å². The van der Waals surface area contributed by atoms with Gasteiger partial charge in [0.15, 0.2) is 0 Å². The number of anilines is 1. The summed E-state index contributed by atoms with van der Waals surface area (Å²) >= 11 is 0. The molecule has 0 unspecified atom stereocenters. The van der Waals surface area contributed by atoms with Crippen LogP contribution < -0.4 is 14.8 Å². The van der Waals surface area contributed by atoms with Gasteiger partial charge in [-0.25, -0.2) is 13.4 Å². The third-order valence-electron chi connectivity index (χ3n) is 4.94. The average molecular weight is 356 g/mol. The number of nitrogens with zero attached hydrogens (tertiary/aromatic N) is 2. The highest BCUT2D eigenvalue weighted by Gasteiger charge is 2.30. The Bertz CT molecular complexity index is 634. The molecular weight excluding hydrogens is 328 g/mol. The van der Waals surface area contributed by atoms with Crippen LogP contribution in [0.5, 0.6) is 0 Å². The molecule has 0 amide bonds. The number of piperazine rings is 1. The Kier molecular flexibility index (Phi) is 5.39. The summed E-state index contributed by atoms with van der Waals surface area (Å²) in [4.78, 5) is 7.41. The topological polar surface area (TPSA) is 68.4 Å². The molecule has 2 N–H and O–H groups in total. The zero-order valence-electron chi connectivity index (χ0n) is 14.5. The lowest BCUT2D eigenvalue weighted by Gasteiger charge is -2.30. The lowest BCUT2D eigenvalue weighted by atomic mass is 10.2. The number of quaternary nitrogens is 1. The molecule has 3 heterocycles. The first-order chi connectivity index (χ1) is 11.5. The third kappa shape index (κ3) is 3.72. The predicted molar refractivity (Wildman–Crippen MR) is 90.6 cm³/mol. The van der Waals surface area contributed by atoms with E-state index in [1.807, 2.05) is 6.07 Å². The monoisotopic (exact) mass is 356 g/mol. The normalized spacial score (nSPS) is 21.4. The maximum atomic E-state index is 12.6. The lowest BCUT2D eigenvalue weighted by molar-refractivity contribution is -0.922. The summed E-state index contributed by atoms with van der Waals surface area (Å²) < 4.78 is 32.0. The maximum absolute atomic E-state index is 12.6. The Hall–Kier alpha value is -1.22. The molecule has 1 aromatic heterocycles. The van der Waals surface area contributed by atoms with Crippen LogP contribution in [0.4, 0.5) is 5.82 Å². The van der Waals surface area contributed by atoms with E-state index in [0.717, 1.165) is 32.0 Å². The van der Waals surface area contributed by atoms with Gasteiger partial charge in [0, 0.05) is 19.2 Å². The van der Waals surface area contributed by atoms with Gasteiger partial charge in [0.05, 0.1) is 19.3 Å². The fourth-order valence-corrected chi connectivity index (χ4v) is 4.68. The highest BCUT2D eigenvalue weighted by molar-refractivity contribution is 7.89. The Balaban J connectivity index is 1.67. The summed E-state index contributed by atoms with van der Waals surface area (Å²) in [6, 6.07) is 4.24. The van der Waals surface area contributed by atoms with Gasteiger partial charge in [-0.2, -0.15) is 4.31 Å². The van der Waals surface area contributed by atoms with Crippen molar-refractivity contribution >= 4 is 15.8 Å². The zero-order chi connectivity index (χ0) is 17.2. The molecule has 0 spiro atoms. The van der Waals surface area contributed by atoms with E-state index in [1.54, 1.807) is 17.2 Å². The molecule has 2 aliphatic heterocycles. The summed E-state index contributed by atoms with van der Waals surface area (Å²) in [5.74, 6) is 0.985. The summed E-state index contributed by atoms with van der Waals surface area (Å²) in [6.07, 6.45) is 1.61. The second-order valence-electron chi connectivity index (χ2n) is 6.73. The standard InChI is InChI=1S/C16H26N4O3S/c1-14(2)18-5-7-19(8-6-18)16-4-3-15(13-17-16)24(21,22)20-9-11-23-12-10-20/h3-4,13-14H,5-12H2,1-2H3/p+2. The first-order valence-electron chi connectivity index (χ1n) is 8.67. The van der Waals surface area contributed by atoms with E-state index in [4.69, 9.17) is 4.74 Å². The number of rotatable bonds is 4. The van der Waals surface area contributed by atoms with Gasteiger partial charge in [0.2, 0.25) is 10.0 Å². The van der Waals surface area contributed by atoms with Crippen molar-refractivity contribution in [1.82, 2.24) is 4.31 Å². The second-order valence-corrected chi connectivity index (χ2v) is 8.66. The van der Waals surface area contributed by atoms with Crippen LogP contribution in [0.3, 0.4) is 0 Å². The first kappa shape index (κ1) is 17.6. The highest BCUT2D eigenvalue weighted by Crippen LogP contribution is 2.17. The van der Waals surface area contributed by atoms with E-state index in [1.165, 1.54) is 4.31 Å². The van der Waals surface area contributed by atoms with Gasteiger partial charge < -0.3 is 9.64 Å². The van der Waals surface area contributed by atoms with Crippen LogP contribution in [0.15, 0.2) is 23.2 Å². The zero-order valence-corrected chi connectivity index (χ0v) is 15.3. The van der Waals surface area contributed by atoms with Gasteiger partial charge in [-0.3, -0.25) is 4.90 Å². The molecule has 1 aromatic rings. The second kappa shape index (κ2) is 7.35. The van der Waals surface area contributed by atoms with Crippen molar-refractivity contribution in [2.75, 3.05) is 57.4 Å². The molecule has 8 heteroatoms. The third-order valence-corrected chi connectivity index (χ3v) is 6.83. The number of aromatic amines is 1. The molecule has 0 aliphatic carbocycles. The van der Waals surface area contributed by atoms with Crippen molar-refractivity contribution < 1.29 is 23.0 Å². The molecule has 2 aliphatic rings. The van der Waals surface area contributed by atoms with Crippen LogP contribution in [-0.4, -0.2) is 71.2 Å². The van der Waals surface area contributed by atoms with Crippen molar-refractivity contribution in [3.8, 4) is 0 Å². The average Bonchev–Trinajstić information content (AvgIpc) is 2.62. The van der Waals surface area contributed by atoms with Crippen molar-refractivity contribution in [1.29, 1.82) is 0 Å². The number of morpholine rings is 1. The Morgan fingerprint density at radius 1 is 1.12 bits per heavy atom. The molecule has 24 heavy (non-hydrogen) atoms. The minimum atomic E-state index is -3.43. The molecule has 134 valence electrons. The van der Waals surface area contributed by atoms with Crippen molar-refractivity contribution in [3.63, 3.8) is 0 Å². The molecule has 0 atom stereocenters. The maximum Gasteiger partial charge on any atom is 0.274 e. The van der Waals surface area contributed by atoms with Gasteiger partial charge in [0.1, 0.15) is 37.3 Å². The quantitative estimate of drug-likeness (QED) is 0.723. The molecule has 2 fully saturated rings. The molecule has 2 saturated heterocycles.